The van der Waals surface area contributed by atoms with E-state index in [1.165, 1.54) is 5.56 Å². The molecule has 1 amide bonds. The first-order chi connectivity index (χ1) is 17.2. The number of hydrogen-bond donors (Lipinski definition) is 1. The van der Waals surface area contributed by atoms with E-state index in [-0.39, 0.29) is 10.8 Å². The van der Waals surface area contributed by atoms with Gasteiger partial charge in [-0.25, -0.2) is 8.42 Å². The van der Waals surface area contributed by atoms with Gasteiger partial charge in [0.25, 0.3) is 0 Å². The van der Waals surface area contributed by atoms with Crippen molar-refractivity contribution in [1.82, 2.24) is 14.5 Å². The van der Waals surface area contributed by atoms with Gasteiger partial charge in [0.1, 0.15) is 6.04 Å². The quantitative estimate of drug-likeness (QED) is 0.505. The lowest BCUT2D eigenvalue weighted by Crippen LogP contribution is -2.55. The Morgan fingerprint density at radius 2 is 1.36 bits per heavy atom. The van der Waals surface area contributed by atoms with Crippen molar-refractivity contribution in [1.29, 1.82) is 0 Å². The van der Waals surface area contributed by atoms with Crippen molar-refractivity contribution < 1.29 is 13.2 Å². The van der Waals surface area contributed by atoms with E-state index in [0.29, 0.717) is 30.6 Å². The van der Waals surface area contributed by atoms with Crippen LogP contribution in [0.5, 0.6) is 0 Å². The zero-order chi connectivity index (χ0) is 25.7. The van der Waals surface area contributed by atoms with E-state index < -0.39 is 16.1 Å². The fourth-order valence-electron chi connectivity index (χ4n) is 5.05. The van der Waals surface area contributed by atoms with Crippen LogP contribution in [0.2, 0.25) is 0 Å². The van der Waals surface area contributed by atoms with E-state index in [1.807, 2.05) is 67.6 Å². The van der Waals surface area contributed by atoms with Gasteiger partial charge in [-0.15, -0.1) is 0 Å². The number of sulfonamides is 1. The Labute approximate surface area is 215 Å². The number of hydrogen-bond acceptors (Lipinski definition) is 4. The molecular formula is C29H35N3O3S. The van der Waals surface area contributed by atoms with Gasteiger partial charge in [0, 0.05) is 32.7 Å². The van der Waals surface area contributed by atoms with Crippen LogP contribution >= 0.6 is 0 Å². The van der Waals surface area contributed by atoms with Gasteiger partial charge >= 0.3 is 0 Å². The summed E-state index contributed by atoms with van der Waals surface area (Å²) in [6.07, 6.45) is 0.299. The third kappa shape index (κ3) is 6.40. The summed E-state index contributed by atoms with van der Waals surface area (Å²) >= 11 is 0. The summed E-state index contributed by atoms with van der Waals surface area (Å²) in [6.45, 7) is 9.03. The Balaban J connectivity index is 1.51. The van der Waals surface area contributed by atoms with Crippen LogP contribution in [-0.4, -0.2) is 56.3 Å². The van der Waals surface area contributed by atoms with Gasteiger partial charge in [0.05, 0.1) is 4.90 Å². The molecule has 1 aliphatic rings. The molecule has 3 aromatic rings. The maximum Gasteiger partial charge on any atom is 0.241 e. The van der Waals surface area contributed by atoms with E-state index in [2.05, 4.69) is 21.8 Å². The third-order valence-electron chi connectivity index (χ3n) is 6.68. The summed E-state index contributed by atoms with van der Waals surface area (Å²) in [5, 5.41) is 0. The van der Waals surface area contributed by atoms with Crippen LogP contribution in [0.15, 0.2) is 77.7 Å². The molecule has 0 spiro atoms. The van der Waals surface area contributed by atoms with Crippen LogP contribution < -0.4 is 4.72 Å². The van der Waals surface area contributed by atoms with Crippen LogP contribution in [0.1, 0.15) is 27.8 Å². The highest BCUT2D eigenvalue weighted by Gasteiger charge is 2.32. The Morgan fingerprint density at radius 1 is 0.833 bits per heavy atom. The molecule has 1 N–H and O–H groups in total. The van der Waals surface area contributed by atoms with Crippen molar-refractivity contribution in [2.75, 3.05) is 26.2 Å². The Morgan fingerprint density at radius 3 is 1.92 bits per heavy atom. The van der Waals surface area contributed by atoms with E-state index in [1.54, 1.807) is 18.7 Å². The lowest BCUT2D eigenvalue weighted by molar-refractivity contribution is -0.134. The maximum absolute atomic E-state index is 13.7. The molecule has 0 saturated carbocycles. The zero-order valence-electron chi connectivity index (χ0n) is 21.3. The van der Waals surface area contributed by atoms with Gasteiger partial charge in [-0.05, 0) is 49.4 Å². The molecule has 1 saturated heterocycles. The highest BCUT2D eigenvalue weighted by Crippen LogP contribution is 2.23. The number of nitrogens with one attached hydrogen (secondary N) is 1. The summed E-state index contributed by atoms with van der Waals surface area (Å²) in [4.78, 5) is 18.1. The molecule has 0 radical (unpaired) electrons. The second kappa shape index (κ2) is 11.4. The predicted molar refractivity (Wildman–Crippen MR) is 143 cm³/mol. The summed E-state index contributed by atoms with van der Waals surface area (Å²) in [5.41, 5.74) is 4.53. The minimum Gasteiger partial charge on any atom is -0.339 e. The fourth-order valence-corrected chi connectivity index (χ4v) is 6.70. The maximum atomic E-state index is 13.7. The first kappa shape index (κ1) is 26.1. The highest BCUT2D eigenvalue weighted by atomic mass is 32.2. The van der Waals surface area contributed by atoms with E-state index in [9.17, 15) is 13.2 Å². The van der Waals surface area contributed by atoms with Crippen LogP contribution in [0.25, 0.3) is 0 Å². The van der Waals surface area contributed by atoms with Crippen molar-refractivity contribution in [3.63, 3.8) is 0 Å². The van der Waals surface area contributed by atoms with Crippen LogP contribution in [0, 0.1) is 20.8 Å². The van der Waals surface area contributed by atoms with E-state index in [4.69, 9.17) is 0 Å². The number of carbonyl (C=O) groups excluding carboxylic acids is 1. The smallest absolute Gasteiger partial charge is 0.241 e. The number of amides is 1. The summed E-state index contributed by atoms with van der Waals surface area (Å²) in [6, 6.07) is 22.7. The van der Waals surface area contributed by atoms with Crippen molar-refractivity contribution in [2.24, 2.45) is 0 Å². The molecule has 0 bridgehead atoms. The lowest BCUT2D eigenvalue weighted by Gasteiger charge is -2.36. The minimum atomic E-state index is -3.90. The summed E-state index contributed by atoms with van der Waals surface area (Å²) < 4.78 is 29.9. The van der Waals surface area contributed by atoms with Gasteiger partial charge < -0.3 is 4.90 Å². The highest BCUT2D eigenvalue weighted by molar-refractivity contribution is 7.89. The first-order valence-electron chi connectivity index (χ1n) is 12.4. The van der Waals surface area contributed by atoms with E-state index >= 15 is 0 Å². The number of benzene rings is 3. The lowest BCUT2D eigenvalue weighted by atomic mass is 10.1. The standard InChI is InChI=1S/C29H35N3O3S/c1-22-18-23(2)28(24(3)19-22)36(34,35)30-27(20-25-10-6-4-7-11-25)29(33)32-16-14-31(15-17-32)21-26-12-8-5-9-13-26/h4-13,18-19,27,30H,14-17,20-21H2,1-3H3. The molecule has 1 fully saturated rings. The number of aryl methyl sites for hydroxylation is 3. The van der Waals surface area contributed by atoms with E-state index in [0.717, 1.165) is 30.8 Å². The van der Waals surface area contributed by atoms with Crippen molar-refractivity contribution in [3.8, 4) is 0 Å². The molecule has 1 unspecified atom stereocenters. The summed E-state index contributed by atoms with van der Waals surface area (Å²) in [5.74, 6) is -0.177. The van der Waals surface area contributed by atoms with Crippen LogP contribution in [0.3, 0.4) is 0 Å². The second-order valence-electron chi connectivity index (χ2n) is 9.68. The molecule has 6 nitrogen and oxygen atoms in total. The Bertz CT molecular complexity index is 1260. The average molecular weight is 506 g/mol. The van der Waals surface area contributed by atoms with Gasteiger partial charge in [0.2, 0.25) is 15.9 Å². The Kier molecular flexibility index (Phi) is 8.24. The molecule has 7 heteroatoms. The second-order valence-corrected chi connectivity index (χ2v) is 11.3. The van der Waals surface area contributed by atoms with Gasteiger partial charge in [-0.1, -0.05) is 78.4 Å². The summed E-state index contributed by atoms with van der Waals surface area (Å²) in [7, 11) is -3.90. The van der Waals surface area contributed by atoms with Crippen molar-refractivity contribution in [2.45, 2.75) is 44.7 Å². The van der Waals surface area contributed by atoms with Gasteiger partial charge in [-0.2, -0.15) is 4.72 Å². The molecule has 1 heterocycles. The average Bonchev–Trinajstić information content (AvgIpc) is 2.84. The molecule has 0 aliphatic carbocycles. The zero-order valence-corrected chi connectivity index (χ0v) is 22.1. The van der Waals surface area contributed by atoms with Crippen molar-refractivity contribution in [3.05, 3.63) is 101 Å². The van der Waals surface area contributed by atoms with Crippen LogP contribution in [0.4, 0.5) is 0 Å². The van der Waals surface area contributed by atoms with Crippen molar-refractivity contribution >= 4 is 15.9 Å². The number of carbonyl (C=O) groups is 1. The normalized spacial score (nSPS) is 15.6. The molecule has 36 heavy (non-hydrogen) atoms. The number of piperazine rings is 1. The topological polar surface area (TPSA) is 69.7 Å². The van der Waals surface area contributed by atoms with Crippen LogP contribution in [-0.2, 0) is 27.8 Å². The first-order valence-corrected chi connectivity index (χ1v) is 13.9. The van der Waals surface area contributed by atoms with Gasteiger partial charge in [-0.3, -0.25) is 9.69 Å². The minimum absolute atomic E-state index is 0.177. The molecule has 3 aromatic carbocycles. The molecule has 1 aliphatic heterocycles. The van der Waals surface area contributed by atoms with Gasteiger partial charge in [0.15, 0.2) is 0 Å². The predicted octanol–water partition coefficient (Wildman–Crippen LogP) is 3.85. The molecular weight excluding hydrogens is 470 g/mol. The third-order valence-corrected chi connectivity index (χ3v) is 8.46. The monoisotopic (exact) mass is 505 g/mol. The SMILES string of the molecule is Cc1cc(C)c(S(=O)(=O)NC(Cc2ccccc2)C(=O)N2CCN(Cc3ccccc3)CC2)c(C)c1. The largest absolute Gasteiger partial charge is 0.339 e. The molecule has 190 valence electrons. The molecule has 1 atom stereocenters. The molecule has 4 rings (SSSR count). The number of rotatable bonds is 8. The fraction of sp³-hybridized carbons (Fsp3) is 0.345. The Hall–Kier alpha value is -3.00. The molecule has 0 aromatic heterocycles. The number of nitrogens with zero attached hydrogens (tertiary/aromatic N) is 2.